The van der Waals surface area contributed by atoms with Crippen molar-refractivity contribution in [1.82, 2.24) is 10.2 Å². The van der Waals surface area contributed by atoms with Crippen molar-refractivity contribution >= 4 is 31.9 Å². The van der Waals surface area contributed by atoms with Crippen molar-refractivity contribution < 1.29 is 13.2 Å². The van der Waals surface area contributed by atoms with E-state index in [0.29, 0.717) is 10.4 Å². The lowest BCUT2D eigenvalue weighted by Gasteiger charge is -2.01. The Morgan fingerprint density at radius 2 is 1.89 bits per heavy atom. The molecule has 3 nitrogen and oxygen atoms in total. The van der Waals surface area contributed by atoms with Crippen LogP contribution in [0.15, 0.2) is 21.0 Å². The molecule has 0 saturated carbocycles. The van der Waals surface area contributed by atoms with Crippen molar-refractivity contribution in [3.8, 4) is 11.5 Å². The number of rotatable bonds is 3. The number of aromatic nitrogens is 2. The third-order valence-corrected chi connectivity index (χ3v) is 3.78. The van der Waals surface area contributed by atoms with Crippen LogP contribution < -0.4 is 0 Å². The van der Waals surface area contributed by atoms with Gasteiger partial charge in [0.15, 0.2) is 0 Å². The molecule has 0 radical (unpaired) electrons. The topological polar surface area (TPSA) is 38.9 Å². The molecule has 1 heterocycles. The second-order valence-electron chi connectivity index (χ2n) is 3.57. The third kappa shape index (κ3) is 2.61. The Labute approximate surface area is 119 Å². The maximum absolute atomic E-state index is 13.7. The minimum absolute atomic E-state index is 0.125. The molecule has 0 aliphatic rings. The Hall–Kier alpha value is -0.820. The molecular formula is C11H8Br2F2N2O. The van der Waals surface area contributed by atoms with Gasteiger partial charge >= 0.3 is 0 Å². The lowest BCUT2D eigenvalue weighted by Crippen LogP contribution is -1.90. The molecule has 96 valence electrons. The van der Waals surface area contributed by atoms with E-state index in [-0.39, 0.29) is 16.3 Å². The van der Waals surface area contributed by atoms with E-state index >= 15 is 0 Å². The molecule has 1 atom stereocenters. The number of nitrogens with zero attached hydrogens (tertiary/aromatic N) is 2. The minimum atomic E-state index is -0.750. The predicted molar refractivity (Wildman–Crippen MR) is 69.3 cm³/mol. The molecule has 7 heteroatoms. The van der Waals surface area contributed by atoms with E-state index in [2.05, 4.69) is 42.1 Å². The lowest BCUT2D eigenvalue weighted by molar-refractivity contribution is 0.490. The Balaban J connectivity index is 2.46. The molecule has 0 aliphatic heterocycles. The van der Waals surface area contributed by atoms with Gasteiger partial charge in [-0.3, -0.25) is 0 Å². The average Bonchev–Trinajstić information content (AvgIpc) is 2.76. The van der Waals surface area contributed by atoms with Crippen LogP contribution in [0.5, 0.6) is 0 Å². The van der Waals surface area contributed by atoms with Gasteiger partial charge in [-0.25, -0.2) is 8.78 Å². The van der Waals surface area contributed by atoms with Crippen LogP contribution in [-0.4, -0.2) is 10.2 Å². The summed E-state index contributed by atoms with van der Waals surface area (Å²) in [7, 11) is 0. The minimum Gasteiger partial charge on any atom is -0.419 e. The van der Waals surface area contributed by atoms with Crippen LogP contribution in [0.4, 0.5) is 8.78 Å². The highest BCUT2D eigenvalue weighted by molar-refractivity contribution is 9.10. The van der Waals surface area contributed by atoms with Crippen LogP contribution in [0.3, 0.4) is 0 Å². The van der Waals surface area contributed by atoms with Crippen molar-refractivity contribution in [2.45, 2.75) is 18.2 Å². The van der Waals surface area contributed by atoms with Gasteiger partial charge in [-0.15, -0.1) is 10.2 Å². The van der Waals surface area contributed by atoms with Crippen LogP contribution in [0, 0.1) is 11.6 Å². The summed E-state index contributed by atoms with van der Waals surface area (Å²) in [5.41, 5.74) is -0.312. The van der Waals surface area contributed by atoms with Crippen LogP contribution in [0.2, 0.25) is 0 Å². The number of hydrogen-bond donors (Lipinski definition) is 0. The normalized spacial score (nSPS) is 12.7. The Morgan fingerprint density at radius 3 is 2.44 bits per heavy atom. The van der Waals surface area contributed by atoms with E-state index in [0.717, 1.165) is 18.6 Å². The number of benzene rings is 1. The fourth-order valence-electron chi connectivity index (χ4n) is 1.38. The zero-order valence-corrected chi connectivity index (χ0v) is 12.4. The molecule has 0 fully saturated rings. The smallest absolute Gasteiger partial charge is 0.253 e. The molecule has 0 aliphatic carbocycles. The summed E-state index contributed by atoms with van der Waals surface area (Å²) >= 11 is 6.33. The van der Waals surface area contributed by atoms with Crippen molar-refractivity contribution in [2.75, 3.05) is 0 Å². The Morgan fingerprint density at radius 1 is 1.28 bits per heavy atom. The molecule has 2 aromatic rings. The number of halogens is 4. The molecule has 1 aromatic carbocycles. The molecule has 0 bridgehead atoms. The second kappa shape index (κ2) is 5.44. The first-order valence-corrected chi connectivity index (χ1v) is 6.86. The van der Waals surface area contributed by atoms with Gasteiger partial charge in [0.05, 0.1) is 4.83 Å². The summed E-state index contributed by atoms with van der Waals surface area (Å²) in [6, 6.07) is 2.29. The van der Waals surface area contributed by atoms with Gasteiger partial charge in [0.25, 0.3) is 5.89 Å². The maximum atomic E-state index is 13.7. The largest absolute Gasteiger partial charge is 0.419 e. The predicted octanol–water partition coefficient (Wildman–Crippen LogP) is 4.62. The average molecular weight is 382 g/mol. The van der Waals surface area contributed by atoms with Gasteiger partial charge in [0.2, 0.25) is 5.89 Å². The highest BCUT2D eigenvalue weighted by Gasteiger charge is 2.20. The van der Waals surface area contributed by atoms with Crippen LogP contribution >= 0.6 is 31.9 Å². The van der Waals surface area contributed by atoms with Gasteiger partial charge in [-0.05, 0) is 18.6 Å². The van der Waals surface area contributed by atoms with Gasteiger partial charge in [0.1, 0.15) is 17.2 Å². The van der Waals surface area contributed by atoms with Crippen LogP contribution in [0.1, 0.15) is 24.1 Å². The highest BCUT2D eigenvalue weighted by Crippen LogP contribution is 2.31. The van der Waals surface area contributed by atoms with E-state index < -0.39 is 11.6 Å². The fraction of sp³-hybridized carbons (Fsp3) is 0.273. The SMILES string of the molecule is CCC(Br)c1nnc(-c2c(F)cc(Br)cc2F)o1. The zero-order chi connectivity index (χ0) is 13.3. The first-order valence-electron chi connectivity index (χ1n) is 5.15. The molecule has 18 heavy (non-hydrogen) atoms. The quantitative estimate of drug-likeness (QED) is 0.728. The van der Waals surface area contributed by atoms with Crippen molar-refractivity contribution in [1.29, 1.82) is 0 Å². The van der Waals surface area contributed by atoms with Crippen LogP contribution in [-0.2, 0) is 0 Å². The number of hydrogen-bond acceptors (Lipinski definition) is 3. The van der Waals surface area contributed by atoms with E-state index in [4.69, 9.17) is 4.42 Å². The van der Waals surface area contributed by atoms with E-state index in [9.17, 15) is 8.78 Å². The van der Waals surface area contributed by atoms with Gasteiger partial charge in [0, 0.05) is 4.47 Å². The van der Waals surface area contributed by atoms with Crippen molar-refractivity contribution in [2.24, 2.45) is 0 Å². The van der Waals surface area contributed by atoms with E-state index in [1.807, 2.05) is 6.92 Å². The number of alkyl halides is 1. The highest BCUT2D eigenvalue weighted by atomic mass is 79.9. The van der Waals surface area contributed by atoms with E-state index in [1.54, 1.807) is 0 Å². The molecule has 0 spiro atoms. The summed E-state index contributed by atoms with van der Waals surface area (Å²) < 4.78 is 32.9. The third-order valence-electron chi connectivity index (χ3n) is 2.29. The molecule has 1 unspecified atom stereocenters. The monoisotopic (exact) mass is 380 g/mol. The molecule has 0 N–H and O–H groups in total. The summed E-state index contributed by atoms with van der Waals surface area (Å²) in [6.45, 7) is 1.92. The molecule has 1 aromatic heterocycles. The molecule has 2 rings (SSSR count). The summed E-state index contributed by atoms with van der Waals surface area (Å²) in [5, 5.41) is 7.42. The summed E-state index contributed by atoms with van der Waals surface area (Å²) in [5.74, 6) is -1.36. The van der Waals surface area contributed by atoms with Gasteiger partial charge in [-0.1, -0.05) is 38.8 Å². The molecule has 0 saturated heterocycles. The van der Waals surface area contributed by atoms with Crippen molar-refractivity contribution in [3.05, 3.63) is 34.1 Å². The summed E-state index contributed by atoms with van der Waals surface area (Å²) in [6.07, 6.45) is 0.729. The molecule has 0 amide bonds. The van der Waals surface area contributed by atoms with Crippen LogP contribution in [0.25, 0.3) is 11.5 Å². The standard InChI is InChI=1S/C11H8Br2F2N2O/c1-2-6(13)10-16-17-11(18-10)9-7(14)3-5(12)4-8(9)15/h3-4,6H,2H2,1H3. The first-order chi connectivity index (χ1) is 8.52. The van der Waals surface area contributed by atoms with E-state index in [1.165, 1.54) is 0 Å². The zero-order valence-electron chi connectivity index (χ0n) is 9.25. The van der Waals surface area contributed by atoms with Gasteiger partial charge < -0.3 is 4.42 Å². The Bertz CT molecular complexity index is 551. The fourth-order valence-corrected chi connectivity index (χ4v) is 1.97. The summed E-state index contributed by atoms with van der Waals surface area (Å²) in [4.78, 5) is -0.125. The van der Waals surface area contributed by atoms with Crippen molar-refractivity contribution in [3.63, 3.8) is 0 Å². The maximum Gasteiger partial charge on any atom is 0.253 e. The molecular weight excluding hydrogens is 374 g/mol. The Kier molecular flexibility index (Phi) is 4.11. The lowest BCUT2D eigenvalue weighted by atomic mass is 10.2. The first kappa shape index (κ1) is 13.6. The van der Waals surface area contributed by atoms with Gasteiger partial charge in [-0.2, -0.15) is 0 Å². The second-order valence-corrected chi connectivity index (χ2v) is 5.59.